The molecule has 3 heteroatoms. The molecule has 1 N–H and O–H groups in total. The predicted octanol–water partition coefficient (Wildman–Crippen LogP) is 3.21. The molecule has 0 bridgehead atoms. The van der Waals surface area contributed by atoms with Gasteiger partial charge in [-0.25, -0.2) is 4.39 Å². The second-order valence-electron chi connectivity index (χ2n) is 3.51. The molecule has 0 fully saturated rings. The van der Waals surface area contributed by atoms with Crippen LogP contribution in [0, 0.1) is 5.82 Å². The minimum Gasteiger partial charge on any atom is -0.497 e. The standard InChI is InChI=1S/C12H16FNO/c1-9(2)6-7-14-12-8-10(15-3)4-5-11(12)13/h4-6,8,14H,7H2,1-3H3. The summed E-state index contributed by atoms with van der Waals surface area (Å²) in [4.78, 5) is 0. The van der Waals surface area contributed by atoms with Gasteiger partial charge in [0.2, 0.25) is 0 Å². The van der Waals surface area contributed by atoms with Crippen molar-refractivity contribution in [2.24, 2.45) is 0 Å². The van der Waals surface area contributed by atoms with E-state index in [-0.39, 0.29) is 5.82 Å². The maximum absolute atomic E-state index is 13.3. The summed E-state index contributed by atoms with van der Waals surface area (Å²) in [6.45, 7) is 4.62. The highest BCUT2D eigenvalue weighted by Crippen LogP contribution is 2.20. The Morgan fingerprint density at radius 2 is 2.20 bits per heavy atom. The number of hydrogen-bond acceptors (Lipinski definition) is 2. The van der Waals surface area contributed by atoms with Gasteiger partial charge in [0.15, 0.2) is 0 Å². The first-order valence-electron chi connectivity index (χ1n) is 4.84. The zero-order valence-corrected chi connectivity index (χ0v) is 9.30. The van der Waals surface area contributed by atoms with Crippen LogP contribution in [0.4, 0.5) is 10.1 Å². The summed E-state index contributed by atoms with van der Waals surface area (Å²) in [7, 11) is 1.56. The van der Waals surface area contributed by atoms with E-state index in [4.69, 9.17) is 4.74 Å². The van der Waals surface area contributed by atoms with E-state index in [1.54, 1.807) is 19.2 Å². The number of halogens is 1. The summed E-state index contributed by atoms with van der Waals surface area (Å²) in [5.74, 6) is 0.383. The SMILES string of the molecule is COc1ccc(F)c(NCC=C(C)C)c1. The lowest BCUT2D eigenvalue weighted by atomic mass is 10.2. The quantitative estimate of drug-likeness (QED) is 0.769. The van der Waals surface area contributed by atoms with E-state index >= 15 is 0 Å². The number of benzene rings is 1. The lowest BCUT2D eigenvalue weighted by molar-refractivity contribution is 0.414. The van der Waals surface area contributed by atoms with Crippen LogP contribution in [0.15, 0.2) is 29.8 Å². The maximum Gasteiger partial charge on any atom is 0.146 e. The summed E-state index contributed by atoms with van der Waals surface area (Å²) in [5, 5.41) is 2.99. The molecule has 82 valence electrons. The number of anilines is 1. The normalized spacial score (nSPS) is 9.60. The number of rotatable bonds is 4. The van der Waals surface area contributed by atoms with E-state index in [1.165, 1.54) is 11.6 Å². The molecule has 0 heterocycles. The van der Waals surface area contributed by atoms with Gasteiger partial charge in [0.1, 0.15) is 11.6 Å². The molecule has 0 aliphatic rings. The van der Waals surface area contributed by atoms with Gasteiger partial charge in [-0.3, -0.25) is 0 Å². The lowest BCUT2D eigenvalue weighted by Crippen LogP contribution is -2.01. The Morgan fingerprint density at radius 3 is 2.80 bits per heavy atom. The topological polar surface area (TPSA) is 21.3 Å². The number of nitrogens with one attached hydrogen (secondary N) is 1. The molecule has 0 aromatic heterocycles. The van der Waals surface area contributed by atoms with Crippen molar-refractivity contribution >= 4 is 5.69 Å². The molecule has 0 saturated heterocycles. The Labute approximate surface area is 89.8 Å². The smallest absolute Gasteiger partial charge is 0.146 e. The summed E-state index contributed by atoms with van der Waals surface area (Å²) >= 11 is 0. The highest BCUT2D eigenvalue weighted by Gasteiger charge is 2.01. The molecule has 1 aromatic carbocycles. The molecule has 0 aliphatic heterocycles. The van der Waals surface area contributed by atoms with Gasteiger partial charge in [0.25, 0.3) is 0 Å². The first kappa shape index (κ1) is 11.6. The van der Waals surface area contributed by atoms with Crippen molar-refractivity contribution in [1.82, 2.24) is 0 Å². The molecule has 2 nitrogen and oxygen atoms in total. The third-order valence-electron chi connectivity index (χ3n) is 1.98. The minimum atomic E-state index is -0.266. The molecule has 0 aliphatic carbocycles. The molecule has 0 saturated carbocycles. The highest BCUT2D eigenvalue weighted by atomic mass is 19.1. The largest absolute Gasteiger partial charge is 0.497 e. The molecule has 15 heavy (non-hydrogen) atoms. The number of allylic oxidation sites excluding steroid dienone is 1. The van der Waals surface area contributed by atoms with Crippen LogP contribution in [0.25, 0.3) is 0 Å². The predicted molar refractivity (Wildman–Crippen MR) is 60.9 cm³/mol. The first-order chi connectivity index (χ1) is 7.13. The van der Waals surface area contributed by atoms with Gasteiger partial charge in [-0.15, -0.1) is 0 Å². The third kappa shape index (κ3) is 3.62. The van der Waals surface area contributed by atoms with E-state index in [0.717, 1.165) is 0 Å². The molecule has 0 radical (unpaired) electrons. The summed E-state index contributed by atoms with van der Waals surface area (Å²) in [5.41, 5.74) is 1.66. The van der Waals surface area contributed by atoms with E-state index < -0.39 is 0 Å². The molecule has 0 unspecified atom stereocenters. The van der Waals surface area contributed by atoms with Crippen LogP contribution in [-0.4, -0.2) is 13.7 Å². The average molecular weight is 209 g/mol. The Bertz CT molecular complexity index is 357. The number of ether oxygens (including phenoxy) is 1. The van der Waals surface area contributed by atoms with Crippen molar-refractivity contribution in [3.63, 3.8) is 0 Å². The Morgan fingerprint density at radius 1 is 1.47 bits per heavy atom. The van der Waals surface area contributed by atoms with Crippen molar-refractivity contribution in [3.8, 4) is 5.75 Å². The van der Waals surface area contributed by atoms with Crippen molar-refractivity contribution in [2.45, 2.75) is 13.8 Å². The third-order valence-corrected chi connectivity index (χ3v) is 1.98. The fourth-order valence-electron chi connectivity index (χ4n) is 1.13. The van der Waals surface area contributed by atoms with E-state index in [1.807, 2.05) is 19.9 Å². The summed E-state index contributed by atoms with van der Waals surface area (Å²) in [6.07, 6.45) is 2.00. The molecule has 0 spiro atoms. The second-order valence-corrected chi connectivity index (χ2v) is 3.51. The van der Waals surface area contributed by atoms with Crippen molar-refractivity contribution in [2.75, 3.05) is 19.0 Å². The van der Waals surface area contributed by atoms with Crippen molar-refractivity contribution < 1.29 is 9.13 Å². The van der Waals surface area contributed by atoms with Crippen LogP contribution in [0.1, 0.15) is 13.8 Å². The monoisotopic (exact) mass is 209 g/mol. The molecule has 1 aromatic rings. The Hall–Kier alpha value is -1.51. The second kappa shape index (κ2) is 5.39. The Kier molecular flexibility index (Phi) is 4.16. The van der Waals surface area contributed by atoms with Crippen molar-refractivity contribution in [3.05, 3.63) is 35.7 Å². The van der Waals surface area contributed by atoms with Gasteiger partial charge >= 0.3 is 0 Å². The zero-order chi connectivity index (χ0) is 11.3. The van der Waals surface area contributed by atoms with Crippen molar-refractivity contribution in [1.29, 1.82) is 0 Å². The molecular formula is C12H16FNO. The van der Waals surface area contributed by atoms with Gasteiger partial charge in [-0.2, -0.15) is 0 Å². The molecule has 0 atom stereocenters. The van der Waals surface area contributed by atoms with Gasteiger partial charge in [0, 0.05) is 12.6 Å². The van der Waals surface area contributed by atoms with Crippen LogP contribution in [-0.2, 0) is 0 Å². The highest BCUT2D eigenvalue weighted by molar-refractivity contribution is 5.50. The van der Waals surface area contributed by atoms with E-state index in [2.05, 4.69) is 5.32 Å². The van der Waals surface area contributed by atoms with Gasteiger partial charge in [-0.05, 0) is 26.0 Å². The fourth-order valence-corrected chi connectivity index (χ4v) is 1.13. The first-order valence-corrected chi connectivity index (χ1v) is 4.84. The maximum atomic E-state index is 13.3. The lowest BCUT2D eigenvalue weighted by Gasteiger charge is -2.07. The van der Waals surface area contributed by atoms with E-state index in [0.29, 0.717) is 18.0 Å². The molecule has 0 amide bonds. The fraction of sp³-hybridized carbons (Fsp3) is 0.333. The average Bonchev–Trinajstić information content (AvgIpc) is 2.20. The van der Waals surface area contributed by atoms with Crippen LogP contribution in [0.2, 0.25) is 0 Å². The minimum absolute atomic E-state index is 0.266. The zero-order valence-electron chi connectivity index (χ0n) is 9.30. The van der Waals surface area contributed by atoms with E-state index in [9.17, 15) is 4.39 Å². The summed E-state index contributed by atoms with van der Waals surface area (Å²) in [6, 6.07) is 4.64. The van der Waals surface area contributed by atoms with Crippen LogP contribution >= 0.6 is 0 Å². The Balaban J connectivity index is 2.71. The van der Waals surface area contributed by atoms with Crippen LogP contribution < -0.4 is 10.1 Å². The van der Waals surface area contributed by atoms with Crippen LogP contribution in [0.3, 0.4) is 0 Å². The van der Waals surface area contributed by atoms with Gasteiger partial charge < -0.3 is 10.1 Å². The van der Waals surface area contributed by atoms with Crippen LogP contribution in [0.5, 0.6) is 5.75 Å². The van der Waals surface area contributed by atoms with Gasteiger partial charge in [-0.1, -0.05) is 11.6 Å². The number of methoxy groups -OCH3 is 1. The molecular weight excluding hydrogens is 193 g/mol. The summed E-state index contributed by atoms with van der Waals surface area (Å²) < 4.78 is 18.3. The number of hydrogen-bond donors (Lipinski definition) is 1. The molecule has 1 rings (SSSR count). The van der Waals surface area contributed by atoms with Gasteiger partial charge in [0.05, 0.1) is 12.8 Å².